The number of guanidine groups is 1. The van der Waals surface area contributed by atoms with E-state index in [4.69, 9.17) is 4.74 Å². The van der Waals surface area contributed by atoms with Crippen LogP contribution in [0.3, 0.4) is 0 Å². The molecule has 1 aromatic heterocycles. The van der Waals surface area contributed by atoms with Crippen molar-refractivity contribution in [1.29, 1.82) is 0 Å². The molecule has 2 aliphatic rings. The number of nitrogens with zero attached hydrogens (tertiary/aromatic N) is 4. The molecular formula is C19H30IN5O2. The first kappa shape index (κ1) is 21.9. The normalized spacial score (nSPS) is 22.0. The molecule has 1 spiro atoms. The Bertz CT molecular complexity index is 634. The standard InChI is InChI=1S/C19H29N5O2.HI/c1-20-18(24-11-7-19(14-24)8-12-26-15-19)22-13-17(25)23(2)10-6-16-5-3-4-9-21-16;/h3-5,9H,6-8,10-15H2,1-2H3,(H,20,22);1H. The van der Waals surface area contributed by atoms with Crippen molar-refractivity contribution in [2.75, 3.05) is 53.5 Å². The van der Waals surface area contributed by atoms with Gasteiger partial charge in [-0.1, -0.05) is 6.07 Å². The Morgan fingerprint density at radius 3 is 2.96 bits per heavy atom. The summed E-state index contributed by atoms with van der Waals surface area (Å²) in [6.45, 7) is 4.53. The molecule has 7 nitrogen and oxygen atoms in total. The summed E-state index contributed by atoms with van der Waals surface area (Å²) in [5, 5.41) is 3.22. The van der Waals surface area contributed by atoms with Gasteiger partial charge >= 0.3 is 0 Å². The first-order chi connectivity index (χ1) is 12.6. The van der Waals surface area contributed by atoms with E-state index in [1.165, 1.54) is 0 Å². The minimum Gasteiger partial charge on any atom is -0.381 e. The molecule has 0 aromatic carbocycles. The Morgan fingerprint density at radius 1 is 1.44 bits per heavy atom. The zero-order valence-electron chi connectivity index (χ0n) is 16.2. The van der Waals surface area contributed by atoms with Gasteiger partial charge < -0.3 is 19.9 Å². The van der Waals surface area contributed by atoms with Crippen LogP contribution in [-0.2, 0) is 16.0 Å². The Labute approximate surface area is 178 Å². The van der Waals surface area contributed by atoms with Crippen LogP contribution in [0.2, 0.25) is 0 Å². The average Bonchev–Trinajstić information content (AvgIpc) is 3.31. The van der Waals surface area contributed by atoms with Crippen molar-refractivity contribution in [1.82, 2.24) is 20.1 Å². The summed E-state index contributed by atoms with van der Waals surface area (Å²) in [4.78, 5) is 25.0. The Balaban J connectivity index is 0.00000261. The molecule has 3 rings (SSSR count). The van der Waals surface area contributed by atoms with Gasteiger partial charge in [0.15, 0.2) is 5.96 Å². The van der Waals surface area contributed by atoms with Crippen LogP contribution in [0.5, 0.6) is 0 Å². The topological polar surface area (TPSA) is 70.1 Å². The Morgan fingerprint density at radius 2 is 2.30 bits per heavy atom. The second-order valence-electron chi connectivity index (χ2n) is 7.26. The number of likely N-dealkylation sites (tertiary alicyclic amines) is 1. The van der Waals surface area contributed by atoms with Gasteiger partial charge in [0.2, 0.25) is 5.91 Å². The predicted octanol–water partition coefficient (Wildman–Crippen LogP) is 1.39. The lowest BCUT2D eigenvalue weighted by atomic mass is 9.87. The van der Waals surface area contributed by atoms with E-state index in [1.54, 1.807) is 18.1 Å². The molecule has 27 heavy (non-hydrogen) atoms. The number of amides is 1. The highest BCUT2D eigenvalue weighted by atomic mass is 127. The predicted molar refractivity (Wildman–Crippen MR) is 116 cm³/mol. The maximum Gasteiger partial charge on any atom is 0.241 e. The van der Waals surface area contributed by atoms with Crippen molar-refractivity contribution in [2.24, 2.45) is 10.4 Å². The SMILES string of the molecule is CN=C(NCC(=O)N(C)CCc1ccccn1)N1CCC2(CCOC2)C1.I. The van der Waals surface area contributed by atoms with Crippen molar-refractivity contribution >= 4 is 35.8 Å². The summed E-state index contributed by atoms with van der Waals surface area (Å²) in [5.41, 5.74) is 1.28. The average molecular weight is 487 g/mol. The number of hydrogen-bond donors (Lipinski definition) is 1. The lowest BCUT2D eigenvalue weighted by molar-refractivity contribution is -0.128. The molecule has 2 saturated heterocycles. The number of aromatic nitrogens is 1. The maximum atomic E-state index is 12.4. The summed E-state index contributed by atoms with van der Waals surface area (Å²) >= 11 is 0. The summed E-state index contributed by atoms with van der Waals surface area (Å²) in [5.74, 6) is 0.862. The fourth-order valence-corrected chi connectivity index (χ4v) is 3.66. The van der Waals surface area contributed by atoms with Crippen LogP contribution in [0.25, 0.3) is 0 Å². The molecular weight excluding hydrogens is 457 g/mol. The highest BCUT2D eigenvalue weighted by Gasteiger charge is 2.42. The van der Waals surface area contributed by atoms with E-state index in [1.807, 2.05) is 25.2 Å². The highest BCUT2D eigenvalue weighted by Crippen LogP contribution is 2.38. The summed E-state index contributed by atoms with van der Waals surface area (Å²) < 4.78 is 5.58. The van der Waals surface area contributed by atoms with Gasteiger partial charge in [0.05, 0.1) is 13.2 Å². The zero-order valence-corrected chi connectivity index (χ0v) is 18.5. The molecule has 0 bridgehead atoms. The molecule has 8 heteroatoms. The van der Waals surface area contributed by atoms with Crippen LogP contribution in [0.15, 0.2) is 29.4 Å². The van der Waals surface area contributed by atoms with Crippen LogP contribution in [0.1, 0.15) is 18.5 Å². The van der Waals surface area contributed by atoms with E-state index >= 15 is 0 Å². The van der Waals surface area contributed by atoms with Gasteiger partial charge in [-0.25, -0.2) is 0 Å². The van der Waals surface area contributed by atoms with Crippen LogP contribution >= 0.6 is 24.0 Å². The molecule has 1 amide bonds. The van der Waals surface area contributed by atoms with Crippen LogP contribution in [-0.4, -0.2) is 80.1 Å². The highest BCUT2D eigenvalue weighted by molar-refractivity contribution is 14.0. The molecule has 3 heterocycles. The molecule has 1 aromatic rings. The van der Waals surface area contributed by atoms with Crippen molar-refractivity contribution in [3.63, 3.8) is 0 Å². The first-order valence-electron chi connectivity index (χ1n) is 9.29. The van der Waals surface area contributed by atoms with E-state index in [9.17, 15) is 4.79 Å². The van der Waals surface area contributed by atoms with Crippen molar-refractivity contribution < 1.29 is 9.53 Å². The number of rotatable bonds is 5. The number of ether oxygens (including phenoxy) is 1. The summed E-state index contributed by atoms with van der Waals surface area (Å²) in [7, 11) is 3.60. The van der Waals surface area contributed by atoms with Gasteiger partial charge in [0, 0.05) is 64.1 Å². The van der Waals surface area contributed by atoms with E-state index < -0.39 is 0 Å². The number of hydrogen-bond acceptors (Lipinski definition) is 4. The first-order valence-corrected chi connectivity index (χ1v) is 9.29. The Kier molecular flexibility index (Phi) is 8.28. The Hall–Kier alpha value is -1.42. The summed E-state index contributed by atoms with van der Waals surface area (Å²) in [6.07, 6.45) is 4.79. The third-order valence-electron chi connectivity index (χ3n) is 5.39. The number of carbonyl (C=O) groups excluding carboxylic acids is 1. The van der Waals surface area contributed by atoms with Gasteiger partial charge in [0.25, 0.3) is 0 Å². The number of nitrogens with one attached hydrogen (secondary N) is 1. The van der Waals surface area contributed by atoms with Gasteiger partial charge in [0.1, 0.15) is 0 Å². The molecule has 2 aliphatic heterocycles. The smallest absolute Gasteiger partial charge is 0.241 e. The van der Waals surface area contributed by atoms with Crippen molar-refractivity contribution in [3.05, 3.63) is 30.1 Å². The van der Waals surface area contributed by atoms with Crippen molar-refractivity contribution in [2.45, 2.75) is 19.3 Å². The quantitative estimate of drug-likeness (QED) is 0.386. The van der Waals surface area contributed by atoms with Gasteiger partial charge in [-0.05, 0) is 25.0 Å². The second-order valence-corrected chi connectivity index (χ2v) is 7.26. The fourth-order valence-electron chi connectivity index (χ4n) is 3.66. The number of carbonyl (C=O) groups is 1. The zero-order chi connectivity index (χ0) is 18.4. The van der Waals surface area contributed by atoms with E-state index in [0.29, 0.717) is 6.54 Å². The lowest BCUT2D eigenvalue weighted by Gasteiger charge is -2.25. The van der Waals surface area contributed by atoms with Crippen LogP contribution < -0.4 is 5.32 Å². The number of halogens is 1. The molecule has 2 fully saturated rings. The third-order valence-corrected chi connectivity index (χ3v) is 5.39. The molecule has 150 valence electrons. The molecule has 0 radical (unpaired) electrons. The monoisotopic (exact) mass is 487 g/mol. The van der Waals surface area contributed by atoms with Crippen LogP contribution in [0, 0.1) is 5.41 Å². The van der Waals surface area contributed by atoms with Gasteiger partial charge in [-0.15, -0.1) is 24.0 Å². The maximum absolute atomic E-state index is 12.4. The van der Waals surface area contributed by atoms with E-state index in [0.717, 1.165) is 57.2 Å². The van der Waals surface area contributed by atoms with E-state index in [2.05, 4.69) is 20.2 Å². The molecule has 0 saturated carbocycles. The molecule has 1 N–H and O–H groups in total. The second kappa shape index (κ2) is 10.2. The van der Waals surface area contributed by atoms with Crippen molar-refractivity contribution in [3.8, 4) is 0 Å². The van der Waals surface area contributed by atoms with Gasteiger partial charge in [-0.2, -0.15) is 0 Å². The largest absolute Gasteiger partial charge is 0.381 e. The molecule has 1 atom stereocenters. The fraction of sp³-hybridized carbons (Fsp3) is 0.632. The minimum absolute atomic E-state index is 0. The number of aliphatic imine (C=N–C) groups is 1. The number of pyridine rings is 1. The molecule has 1 unspecified atom stereocenters. The van der Waals surface area contributed by atoms with Gasteiger partial charge in [-0.3, -0.25) is 14.8 Å². The lowest BCUT2D eigenvalue weighted by Crippen LogP contribution is -2.46. The molecule has 0 aliphatic carbocycles. The number of likely N-dealkylation sites (N-methyl/N-ethyl adjacent to an activating group) is 1. The van der Waals surface area contributed by atoms with E-state index in [-0.39, 0.29) is 41.8 Å². The van der Waals surface area contributed by atoms with Crippen LogP contribution in [0.4, 0.5) is 0 Å². The third kappa shape index (κ3) is 5.78. The summed E-state index contributed by atoms with van der Waals surface area (Å²) in [6, 6.07) is 5.84. The minimum atomic E-state index is 0.